The van der Waals surface area contributed by atoms with E-state index >= 15 is 0 Å². The Hall–Kier alpha value is -4.70. The molecule has 4 aromatic rings. The number of rotatable bonds is 4. The number of nitrogens with one attached hydrogen (secondary N) is 1. The molecule has 44 heavy (non-hydrogen) atoms. The van der Waals surface area contributed by atoms with Crippen LogP contribution in [0.3, 0.4) is 0 Å². The van der Waals surface area contributed by atoms with E-state index in [0.29, 0.717) is 12.5 Å². The van der Waals surface area contributed by atoms with E-state index in [2.05, 4.69) is 98.7 Å². The van der Waals surface area contributed by atoms with Crippen LogP contribution >= 0.6 is 0 Å². The van der Waals surface area contributed by atoms with Crippen LogP contribution in [0.5, 0.6) is 0 Å². The van der Waals surface area contributed by atoms with E-state index in [1.165, 1.54) is 49.7 Å². The number of allylic oxidation sites excluding steroid dienone is 10. The number of benzene rings is 2. The van der Waals surface area contributed by atoms with Crippen LogP contribution in [0, 0.1) is 5.41 Å². The van der Waals surface area contributed by atoms with Gasteiger partial charge in [0.25, 0.3) is 0 Å². The molecule has 4 heteroatoms. The first kappa shape index (κ1) is 26.9. The number of hydrogen-bond donors (Lipinski definition) is 2. The predicted molar refractivity (Wildman–Crippen MR) is 183 cm³/mol. The van der Waals surface area contributed by atoms with Gasteiger partial charge in [0, 0.05) is 40.1 Å². The van der Waals surface area contributed by atoms with E-state index < -0.39 is 0 Å². The van der Waals surface area contributed by atoms with Crippen molar-refractivity contribution in [3.05, 3.63) is 142 Å². The summed E-state index contributed by atoms with van der Waals surface area (Å²) in [5, 5.41) is 2.56. The van der Waals surface area contributed by atoms with E-state index in [9.17, 15) is 0 Å². The topological polar surface area (TPSA) is 67.1 Å². The largest absolute Gasteiger partial charge is 0.397 e. The molecule has 0 saturated heterocycles. The lowest BCUT2D eigenvalue weighted by atomic mass is 9.65. The fourth-order valence-corrected chi connectivity index (χ4v) is 7.87. The third-order valence-electron chi connectivity index (χ3n) is 10.4. The first-order chi connectivity index (χ1) is 21.3. The monoisotopic (exact) mass is 574 g/mol. The number of hydrogen-bond acceptors (Lipinski definition) is 3. The van der Waals surface area contributed by atoms with Crippen molar-refractivity contribution in [1.29, 1.82) is 0 Å². The molecule has 2 aromatic carbocycles. The number of aliphatic imine (C=N–C) groups is 1. The Morgan fingerprint density at radius 2 is 1.98 bits per heavy atom. The second-order valence-electron chi connectivity index (χ2n) is 13.6. The van der Waals surface area contributed by atoms with Crippen molar-refractivity contribution >= 4 is 22.1 Å². The fraction of sp³-hybridized carbons (Fsp3) is 0.250. The van der Waals surface area contributed by atoms with Crippen LogP contribution in [0.25, 0.3) is 27.7 Å². The highest BCUT2D eigenvalue weighted by Gasteiger charge is 2.38. The van der Waals surface area contributed by atoms with Gasteiger partial charge in [-0.15, -0.1) is 0 Å². The molecule has 0 saturated carbocycles. The molecule has 8 rings (SSSR count). The number of pyridine rings is 1. The van der Waals surface area contributed by atoms with Crippen molar-refractivity contribution in [2.75, 3.05) is 0 Å². The average Bonchev–Trinajstić information content (AvgIpc) is 3.66. The summed E-state index contributed by atoms with van der Waals surface area (Å²) in [7, 11) is 0. The highest BCUT2D eigenvalue weighted by atomic mass is 14.8. The number of nitrogens with two attached hydrogens (primary N) is 1. The normalized spacial score (nSPS) is 23.2. The minimum absolute atomic E-state index is 0.104. The minimum atomic E-state index is -0.127. The zero-order valence-corrected chi connectivity index (χ0v) is 25.9. The highest BCUT2D eigenvalue weighted by molar-refractivity contribution is 6.14. The summed E-state index contributed by atoms with van der Waals surface area (Å²) in [5.74, 6) is 0.380. The predicted octanol–water partition coefficient (Wildman–Crippen LogP) is 9.05. The Morgan fingerprint density at radius 1 is 1.09 bits per heavy atom. The Kier molecular flexibility index (Phi) is 5.90. The second kappa shape index (κ2) is 9.65. The van der Waals surface area contributed by atoms with Crippen molar-refractivity contribution in [3.8, 4) is 11.4 Å². The maximum absolute atomic E-state index is 6.34. The van der Waals surface area contributed by atoms with Crippen LogP contribution in [0.15, 0.2) is 114 Å². The molecular formula is C40H38N4. The molecule has 0 fully saturated rings. The van der Waals surface area contributed by atoms with Gasteiger partial charge in [-0.1, -0.05) is 81.5 Å². The van der Waals surface area contributed by atoms with Crippen molar-refractivity contribution in [2.45, 2.75) is 58.4 Å². The van der Waals surface area contributed by atoms with Crippen molar-refractivity contribution < 1.29 is 0 Å². The lowest BCUT2D eigenvalue weighted by molar-refractivity contribution is 0.348. The SMILES string of the molecule is C/C=C\C=C(/N)C1=NCc2cc(C3C=CC4=CC(c5cc6c7c([nH]cc7c5)-c5ncccc5C6(C)C)=CCC4(C)C3)ccc21. The molecule has 4 nitrogen and oxygen atoms in total. The molecule has 0 radical (unpaired) electrons. The molecular weight excluding hydrogens is 536 g/mol. The van der Waals surface area contributed by atoms with Gasteiger partial charge in [0.1, 0.15) is 0 Å². The van der Waals surface area contributed by atoms with Gasteiger partial charge < -0.3 is 10.7 Å². The molecule has 0 bridgehead atoms. The molecule has 218 valence electrons. The Bertz CT molecular complexity index is 2060. The second-order valence-corrected chi connectivity index (χ2v) is 13.6. The summed E-state index contributed by atoms with van der Waals surface area (Å²) in [4.78, 5) is 13.1. The molecule has 2 aromatic heterocycles. The van der Waals surface area contributed by atoms with Gasteiger partial charge in [-0.3, -0.25) is 9.98 Å². The first-order valence-corrected chi connectivity index (χ1v) is 15.8. The lowest BCUT2D eigenvalue weighted by Crippen LogP contribution is -2.26. The first-order valence-electron chi connectivity index (χ1n) is 15.8. The number of aromatic nitrogens is 2. The summed E-state index contributed by atoms with van der Waals surface area (Å²) >= 11 is 0. The Labute approximate surface area is 259 Å². The number of aromatic amines is 1. The van der Waals surface area contributed by atoms with Crippen molar-refractivity contribution in [1.82, 2.24) is 9.97 Å². The van der Waals surface area contributed by atoms with E-state index in [1.807, 2.05) is 31.3 Å². The Balaban J connectivity index is 1.10. The molecule has 4 aliphatic rings. The number of fused-ring (bicyclic) bond motifs is 4. The Morgan fingerprint density at radius 3 is 2.84 bits per heavy atom. The van der Waals surface area contributed by atoms with Gasteiger partial charge in [-0.05, 0) is 88.4 Å². The zero-order valence-electron chi connectivity index (χ0n) is 25.9. The molecule has 2 atom stereocenters. The van der Waals surface area contributed by atoms with Gasteiger partial charge in [0.2, 0.25) is 0 Å². The summed E-state index contributed by atoms with van der Waals surface area (Å²) in [6, 6.07) is 15.9. The molecule has 3 aliphatic carbocycles. The molecule has 0 spiro atoms. The van der Waals surface area contributed by atoms with E-state index in [1.54, 1.807) is 0 Å². The molecule has 3 N–H and O–H groups in total. The van der Waals surface area contributed by atoms with Gasteiger partial charge in [-0.25, -0.2) is 0 Å². The third kappa shape index (κ3) is 3.97. The zero-order chi connectivity index (χ0) is 30.2. The van der Waals surface area contributed by atoms with Crippen LogP contribution in [-0.2, 0) is 12.0 Å². The fourth-order valence-electron chi connectivity index (χ4n) is 7.87. The van der Waals surface area contributed by atoms with Gasteiger partial charge >= 0.3 is 0 Å². The third-order valence-corrected chi connectivity index (χ3v) is 10.4. The quantitative estimate of drug-likeness (QED) is 0.239. The summed E-state index contributed by atoms with van der Waals surface area (Å²) in [6.45, 7) is 9.79. The van der Waals surface area contributed by atoms with E-state index in [0.717, 1.165) is 41.2 Å². The van der Waals surface area contributed by atoms with Gasteiger partial charge in [0.05, 0.1) is 29.3 Å². The van der Waals surface area contributed by atoms with Crippen LogP contribution < -0.4 is 5.73 Å². The molecule has 0 amide bonds. The van der Waals surface area contributed by atoms with E-state index in [4.69, 9.17) is 15.7 Å². The van der Waals surface area contributed by atoms with Crippen molar-refractivity contribution in [2.24, 2.45) is 16.1 Å². The van der Waals surface area contributed by atoms with Gasteiger partial charge in [0.15, 0.2) is 0 Å². The number of nitrogens with zero attached hydrogens (tertiary/aromatic N) is 2. The summed E-state index contributed by atoms with van der Waals surface area (Å²) < 4.78 is 0. The van der Waals surface area contributed by atoms with Crippen LogP contribution in [-0.4, -0.2) is 15.7 Å². The smallest absolute Gasteiger partial charge is 0.0911 e. The van der Waals surface area contributed by atoms with Gasteiger partial charge in [-0.2, -0.15) is 0 Å². The van der Waals surface area contributed by atoms with Crippen molar-refractivity contribution in [3.63, 3.8) is 0 Å². The van der Waals surface area contributed by atoms with Crippen LogP contribution in [0.4, 0.5) is 0 Å². The maximum Gasteiger partial charge on any atom is 0.0911 e. The number of H-pyrrole nitrogens is 1. The molecule has 3 heterocycles. The maximum atomic E-state index is 6.34. The highest BCUT2D eigenvalue weighted by Crippen LogP contribution is 2.51. The summed E-state index contributed by atoms with van der Waals surface area (Å²) in [6.07, 6.45) is 21.8. The van der Waals surface area contributed by atoms with Crippen LogP contribution in [0.2, 0.25) is 0 Å². The molecule has 1 aliphatic heterocycles. The standard InChI is InChI=1S/C40H38N4/c1-5-6-9-34(41)36-31-13-11-24(17-28(31)22-43-36)26-10-12-30-19-25(14-15-40(30,4)21-26)27-18-29-23-44-38-35(29)33(20-27)39(2,3)32-8-7-16-42-37(32)38/h5-14,16-20,23,26,44H,15,21-22,41H2,1-4H3/b6-5-,34-9-. The average molecular weight is 575 g/mol. The summed E-state index contributed by atoms with van der Waals surface area (Å²) in [5.41, 5.74) is 20.7. The lowest BCUT2D eigenvalue weighted by Gasteiger charge is -2.39. The van der Waals surface area contributed by atoms with Crippen LogP contribution in [0.1, 0.15) is 79.8 Å². The minimum Gasteiger partial charge on any atom is -0.397 e. The molecule has 2 unspecified atom stereocenters. The van der Waals surface area contributed by atoms with E-state index in [-0.39, 0.29) is 10.8 Å².